The Bertz CT molecular complexity index is 2350. The number of carbonyl (C=O) groups excluding carboxylic acids is 2. The van der Waals surface area contributed by atoms with Gasteiger partial charge in [-0.15, -0.1) is 0 Å². The van der Waals surface area contributed by atoms with E-state index in [1.807, 2.05) is 31.5 Å². The summed E-state index contributed by atoms with van der Waals surface area (Å²) in [4.78, 5) is 79.2. The molecule has 0 amide bonds. The van der Waals surface area contributed by atoms with Crippen molar-refractivity contribution >= 4 is 51.3 Å². The molecule has 3 aromatic rings. The first-order valence-electron chi connectivity index (χ1n) is 21.0. The Kier molecular flexibility index (Phi) is 11.8. The Hall–Kier alpha value is -5.56. The van der Waals surface area contributed by atoms with Gasteiger partial charge >= 0.3 is 18.1 Å². The highest BCUT2D eigenvalue weighted by Gasteiger charge is 2.43. The second kappa shape index (κ2) is 17.1. The molecule has 6 fully saturated rings. The minimum absolute atomic E-state index is 0.00546. The summed E-state index contributed by atoms with van der Waals surface area (Å²) in [6, 6.07) is 6.16. The van der Waals surface area contributed by atoms with Gasteiger partial charge in [0.25, 0.3) is 5.56 Å². The lowest BCUT2D eigenvalue weighted by molar-refractivity contribution is -0.192. The van der Waals surface area contributed by atoms with Crippen molar-refractivity contribution in [3.05, 3.63) is 63.5 Å². The van der Waals surface area contributed by atoms with Gasteiger partial charge in [0.2, 0.25) is 17.5 Å². The van der Waals surface area contributed by atoms with Gasteiger partial charge in [-0.1, -0.05) is 12.1 Å². The number of hydrogen-bond acceptors (Lipinski definition) is 13. The molecule has 0 spiro atoms. The van der Waals surface area contributed by atoms with Crippen molar-refractivity contribution < 1.29 is 42.6 Å². The summed E-state index contributed by atoms with van der Waals surface area (Å²) >= 11 is 0. The number of nitrogens with zero attached hydrogens (tertiary/aromatic N) is 8. The number of ketones is 2. The van der Waals surface area contributed by atoms with Crippen LogP contribution in [0.25, 0.3) is 21.8 Å². The number of nitrogens with one attached hydrogen (secondary N) is 1. The van der Waals surface area contributed by atoms with E-state index in [1.54, 1.807) is 0 Å². The highest BCUT2D eigenvalue weighted by Crippen LogP contribution is 2.36. The number of alkyl halides is 3. The molecule has 0 unspecified atom stereocenters. The van der Waals surface area contributed by atoms with E-state index in [0.29, 0.717) is 65.7 Å². The second-order valence-corrected chi connectivity index (χ2v) is 16.9. The fourth-order valence-electron chi connectivity index (χ4n) is 8.18. The monoisotopic (exact) mass is 849 g/mol. The van der Waals surface area contributed by atoms with Crippen LogP contribution in [0.3, 0.4) is 0 Å². The Labute approximate surface area is 349 Å². The number of allylic oxidation sites excluding steroid dienone is 1. The quantitative estimate of drug-likeness (QED) is 0.154. The van der Waals surface area contributed by atoms with Crippen LogP contribution in [0.2, 0.25) is 0 Å². The van der Waals surface area contributed by atoms with Gasteiger partial charge in [0.05, 0.1) is 11.6 Å². The van der Waals surface area contributed by atoms with Gasteiger partial charge in [0.15, 0.2) is 0 Å². The van der Waals surface area contributed by atoms with E-state index in [1.165, 1.54) is 18.9 Å². The van der Waals surface area contributed by atoms with Gasteiger partial charge in [0, 0.05) is 108 Å². The lowest BCUT2D eigenvalue weighted by Gasteiger charge is -2.32. The van der Waals surface area contributed by atoms with E-state index >= 15 is 0 Å². The Balaban J connectivity index is 0.000000175. The van der Waals surface area contributed by atoms with E-state index in [-0.39, 0.29) is 29.1 Å². The van der Waals surface area contributed by atoms with Crippen LogP contribution in [-0.4, -0.2) is 158 Å². The van der Waals surface area contributed by atoms with Gasteiger partial charge in [-0.2, -0.15) is 18.2 Å². The summed E-state index contributed by atoms with van der Waals surface area (Å²) in [7, 11) is 2.15. The van der Waals surface area contributed by atoms with Crippen LogP contribution in [-0.2, 0) is 25.7 Å². The van der Waals surface area contributed by atoms with E-state index in [4.69, 9.17) is 14.9 Å². The Morgan fingerprint density at radius 1 is 0.803 bits per heavy atom. The first-order valence-corrected chi connectivity index (χ1v) is 21.0. The highest BCUT2D eigenvalue weighted by molar-refractivity contribution is 6.22. The predicted molar refractivity (Wildman–Crippen MR) is 217 cm³/mol. The van der Waals surface area contributed by atoms with Crippen molar-refractivity contribution in [3.63, 3.8) is 0 Å². The van der Waals surface area contributed by atoms with Crippen molar-refractivity contribution in [1.29, 1.82) is 0 Å². The number of Topliss-reactive ketones (excluding diaryl/α,β-unsaturated/α-hetero) is 1. The number of carbonyl (C=O) groups is 4. The fourth-order valence-corrected chi connectivity index (χ4v) is 8.18. The molecule has 6 heterocycles. The zero-order valence-electron chi connectivity index (χ0n) is 34.0. The standard InChI is InChI=1S/C28H36N6O3.C12H13N3O2.C2HF3O2/c1-32-10-12-33(13-11-32)17-19-4-9-22-23(14-19)26(35)34(21-7-5-20(6-8-21)27(36)37)25-24(22)16-30-28(31-25)29-15-18-2-3-18;16-9-7-8(13-1-2-13)12(17)11(15-5-6-15)10(9)14-3-4-14;3-2(4,5)1(6)7/h4,9,14,16,18,20-21H,2-3,5-8,10-13,15,17H2,1H3,(H,36,37)(H,29,30,31);7H,1-6H2;(H,6,7)/t20-,21-;;. The molecule has 7 aliphatic rings. The number of aromatic nitrogens is 3. The minimum atomic E-state index is -5.08. The van der Waals surface area contributed by atoms with Crippen LogP contribution in [0.1, 0.15) is 50.1 Å². The lowest BCUT2D eigenvalue weighted by atomic mass is 9.85. The molecule has 0 bridgehead atoms. The second-order valence-electron chi connectivity index (χ2n) is 16.9. The number of likely N-dealkylation sites (N-methyl/N-ethyl adjacent to an activating group) is 1. The summed E-state index contributed by atoms with van der Waals surface area (Å²) in [6.45, 7) is 11.2. The molecule has 0 radical (unpaired) electrons. The number of fused-ring (bicyclic) bond motifs is 3. The number of aliphatic carboxylic acids is 2. The van der Waals surface area contributed by atoms with Gasteiger partial charge in [-0.25, -0.2) is 9.78 Å². The average Bonchev–Trinajstić information content (AvgIpc) is 4.02. The third-order valence-corrected chi connectivity index (χ3v) is 12.2. The summed E-state index contributed by atoms with van der Waals surface area (Å²) in [6.07, 6.45) is 3.23. The van der Waals surface area contributed by atoms with Crippen molar-refractivity contribution in [2.75, 3.05) is 84.4 Å². The van der Waals surface area contributed by atoms with Gasteiger partial charge in [0.1, 0.15) is 17.0 Å². The number of anilines is 1. The topological polar surface area (TPSA) is 184 Å². The molecule has 19 heteroatoms. The molecule has 61 heavy (non-hydrogen) atoms. The fraction of sp³-hybridized carbons (Fsp3) is 0.548. The van der Waals surface area contributed by atoms with E-state index < -0.39 is 18.1 Å². The number of carboxylic acids is 2. The number of pyridine rings is 1. The van der Waals surface area contributed by atoms with Gasteiger partial charge in [-0.05, 0) is 68.5 Å². The minimum Gasteiger partial charge on any atom is -0.481 e. The van der Waals surface area contributed by atoms with Crippen LogP contribution in [0.15, 0.2) is 52.4 Å². The summed E-state index contributed by atoms with van der Waals surface area (Å²) < 4.78 is 33.6. The molecule has 4 saturated heterocycles. The third-order valence-electron chi connectivity index (χ3n) is 12.2. The number of hydrogen-bond donors (Lipinski definition) is 3. The van der Waals surface area contributed by atoms with E-state index in [2.05, 4.69) is 39.3 Å². The summed E-state index contributed by atoms with van der Waals surface area (Å²) in [5, 5.41) is 22.4. The van der Waals surface area contributed by atoms with Crippen LogP contribution in [0.5, 0.6) is 0 Å². The lowest BCUT2D eigenvalue weighted by Crippen LogP contribution is -2.43. The molecule has 1 aromatic carbocycles. The molecule has 3 aliphatic carbocycles. The van der Waals surface area contributed by atoms with Crippen LogP contribution in [0.4, 0.5) is 19.1 Å². The summed E-state index contributed by atoms with van der Waals surface area (Å²) in [5.41, 5.74) is 3.64. The molecule has 4 aliphatic heterocycles. The van der Waals surface area contributed by atoms with Gasteiger partial charge in [-0.3, -0.25) is 28.6 Å². The molecular weight excluding hydrogens is 800 g/mol. The molecule has 0 atom stereocenters. The molecule has 2 saturated carbocycles. The number of rotatable bonds is 10. The maximum absolute atomic E-state index is 14.1. The molecule has 2 aromatic heterocycles. The van der Waals surface area contributed by atoms with Gasteiger partial charge < -0.3 is 35.1 Å². The number of piperazine rings is 1. The Morgan fingerprint density at radius 3 is 2.00 bits per heavy atom. The predicted octanol–water partition coefficient (Wildman–Crippen LogP) is 3.14. The molecule has 10 rings (SSSR count). The number of carboxylic acid groups (broad SMARTS) is 2. The molecule has 326 valence electrons. The SMILES string of the molecule is CN1CCN(Cc2ccc3c(c2)c(=O)n([C@H]2CC[C@H](C(=O)O)CC2)c2nc(NCC4CC4)ncc32)CC1.O=C(O)C(F)(F)F.O=C1C=C(N2CC2)C(=O)C(N2CC2)=C1N1CC1. The van der Waals surface area contributed by atoms with Crippen molar-refractivity contribution in [2.45, 2.75) is 57.3 Å². The largest absolute Gasteiger partial charge is 0.490 e. The number of halogens is 3. The average molecular weight is 850 g/mol. The smallest absolute Gasteiger partial charge is 0.481 e. The van der Waals surface area contributed by atoms with Crippen LogP contribution < -0.4 is 10.9 Å². The normalized spacial score (nSPS) is 23.0. The zero-order chi connectivity index (χ0) is 43.2. The van der Waals surface area contributed by atoms with Crippen molar-refractivity contribution in [2.24, 2.45) is 11.8 Å². The maximum atomic E-state index is 14.1. The first kappa shape index (κ1) is 42.1. The summed E-state index contributed by atoms with van der Waals surface area (Å²) in [5.74, 6) is -2.54. The first-order chi connectivity index (χ1) is 29.2. The molecular formula is C42H50F3N9O7. The molecule has 3 N–H and O–H groups in total. The van der Waals surface area contributed by atoms with Crippen LogP contribution >= 0.6 is 0 Å². The van der Waals surface area contributed by atoms with Crippen LogP contribution in [0, 0.1) is 11.8 Å². The third kappa shape index (κ3) is 9.82. The van der Waals surface area contributed by atoms with Crippen molar-refractivity contribution in [3.8, 4) is 0 Å². The van der Waals surface area contributed by atoms with Crippen molar-refractivity contribution in [1.82, 2.24) is 39.0 Å². The number of benzene rings is 1. The maximum Gasteiger partial charge on any atom is 0.490 e. The van der Waals surface area contributed by atoms with E-state index in [0.717, 1.165) is 94.9 Å². The Morgan fingerprint density at radius 2 is 1.43 bits per heavy atom. The zero-order valence-corrected chi connectivity index (χ0v) is 34.0. The van der Waals surface area contributed by atoms with E-state index in [9.17, 15) is 37.5 Å². The highest BCUT2D eigenvalue weighted by atomic mass is 19.4. The molecule has 16 nitrogen and oxygen atoms in total.